The largest absolute Gasteiger partial charge is 0.356 e. The van der Waals surface area contributed by atoms with E-state index in [0.717, 1.165) is 18.9 Å². The van der Waals surface area contributed by atoms with Crippen LogP contribution >= 0.6 is 24.0 Å². The smallest absolute Gasteiger partial charge is 0.227 e. The molecule has 0 aromatic heterocycles. The lowest BCUT2D eigenvalue weighted by molar-refractivity contribution is -0.128. The van der Waals surface area contributed by atoms with Crippen LogP contribution in [0.25, 0.3) is 0 Å². The van der Waals surface area contributed by atoms with Crippen LogP contribution in [0.4, 0.5) is 0 Å². The second-order valence-corrected chi connectivity index (χ2v) is 6.45. The van der Waals surface area contributed by atoms with E-state index in [1.807, 2.05) is 20.8 Å². The van der Waals surface area contributed by atoms with Gasteiger partial charge >= 0.3 is 0 Å². The molecule has 0 saturated carbocycles. The molecule has 0 bridgehead atoms. The van der Waals surface area contributed by atoms with E-state index in [9.17, 15) is 4.79 Å². The minimum absolute atomic E-state index is 0. The van der Waals surface area contributed by atoms with Crippen LogP contribution in [0.3, 0.4) is 0 Å². The number of nitrogens with one attached hydrogen (secondary N) is 3. The van der Waals surface area contributed by atoms with Gasteiger partial charge in [-0.3, -0.25) is 9.79 Å². The second-order valence-electron chi connectivity index (χ2n) is 6.45. The van der Waals surface area contributed by atoms with Gasteiger partial charge in [-0.2, -0.15) is 0 Å². The summed E-state index contributed by atoms with van der Waals surface area (Å²) in [6, 6.07) is 0. The molecule has 0 heterocycles. The highest BCUT2D eigenvalue weighted by Crippen LogP contribution is 2.19. The van der Waals surface area contributed by atoms with Crippen LogP contribution in [0.5, 0.6) is 0 Å². The van der Waals surface area contributed by atoms with Crippen LogP contribution in [0.15, 0.2) is 16.6 Å². The highest BCUT2D eigenvalue weighted by molar-refractivity contribution is 14.0. The van der Waals surface area contributed by atoms with Crippen LogP contribution in [0.1, 0.15) is 52.9 Å². The number of guanidine groups is 1. The lowest BCUT2D eigenvalue weighted by Crippen LogP contribution is -2.48. The normalized spacial score (nSPS) is 15.3. The molecule has 1 amide bonds. The molecule has 0 radical (unpaired) electrons. The minimum atomic E-state index is -0.459. The lowest BCUT2D eigenvalue weighted by Gasteiger charge is -2.25. The molecule has 0 saturated heterocycles. The molecule has 0 aromatic rings. The van der Waals surface area contributed by atoms with Gasteiger partial charge in [-0.15, -0.1) is 24.0 Å². The first-order valence-electron chi connectivity index (χ1n) is 8.40. The molecule has 0 atom stereocenters. The quantitative estimate of drug-likeness (QED) is 0.249. The summed E-state index contributed by atoms with van der Waals surface area (Å²) in [5.41, 5.74) is 1.09. The Kier molecular flexibility index (Phi) is 11.3. The number of hydrogen-bond acceptors (Lipinski definition) is 2. The summed E-state index contributed by atoms with van der Waals surface area (Å²) < 4.78 is 0. The predicted molar refractivity (Wildman–Crippen MR) is 108 cm³/mol. The second kappa shape index (κ2) is 11.7. The molecule has 5 nitrogen and oxygen atoms in total. The van der Waals surface area contributed by atoms with E-state index in [1.54, 1.807) is 12.6 Å². The van der Waals surface area contributed by atoms with Crippen molar-refractivity contribution in [2.45, 2.75) is 52.9 Å². The third kappa shape index (κ3) is 8.58. The maximum absolute atomic E-state index is 12.0. The summed E-state index contributed by atoms with van der Waals surface area (Å²) in [7, 11) is 1.76. The summed E-state index contributed by atoms with van der Waals surface area (Å²) in [6.45, 7) is 7.90. The summed E-state index contributed by atoms with van der Waals surface area (Å²) in [5.74, 6) is 0.819. The first kappa shape index (κ1) is 22.2. The molecule has 3 N–H and O–H groups in total. The molecule has 6 heteroatoms. The fraction of sp³-hybridized carbons (Fsp3) is 0.765. The Labute approximate surface area is 158 Å². The number of aliphatic imine (C=N–C) groups is 1. The van der Waals surface area contributed by atoms with Crippen molar-refractivity contribution in [3.63, 3.8) is 0 Å². The number of carbonyl (C=O) groups is 1. The molecular weight excluding hydrogens is 403 g/mol. The SMILES string of the molecule is CCNC(=O)C(C)(C)CNC(=NC)NCCC1=CCCCC1.I. The average molecular weight is 436 g/mol. The molecular formula is C17H33IN4O. The molecule has 0 aromatic carbocycles. The fourth-order valence-electron chi connectivity index (χ4n) is 2.48. The zero-order chi connectivity index (χ0) is 16.4. The van der Waals surface area contributed by atoms with Crippen LogP contribution in [0.2, 0.25) is 0 Å². The Hall–Kier alpha value is -0.790. The summed E-state index contributed by atoms with van der Waals surface area (Å²) in [6.07, 6.45) is 8.55. The van der Waals surface area contributed by atoms with Gasteiger partial charge in [0.25, 0.3) is 0 Å². The molecule has 0 fully saturated rings. The monoisotopic (exact) mass is 436 g/mol. The van der Waals surface area contributed by atoms with E-state index in [-0.39, 0.29) is 29.9 Å². The number of amides is 1. The zero-order valence-corrected chi connectivity index (χ0v) is 17.3. The maximum atomic E-state index is 12.0. The highest BCUT2D eigenvalue weighted by Gasteiger charge is 2.27. The Morgan fingerprint density at radius 1 is 1.26 bits per heavy atom. The molecule has 0 spiro atoms. The molecule has 1 rings (SSSR count). The topological polar surface area (TPSA) is 65.5 Å². The molecule has 23 heavy (non-hydrogen) atoms. The van der Waals surface area contributed by atoms with E-state index in [0.29, 0.717) is 13.1 Å². The lowest BCUT2D eigenvalue weighted by atomic mass is 9.92. The third-order valence-electron chi connectivity index (χ3n) is 4.00. The first-order valence-corrected chi connectivity index (χ1v) is 8.40. The van der Waals surface area contributed by atoms with E-state index >= 15 is 0 Å². The van der Waals surface area contributed by atoms with Gasteiger partial charge < -0.3 is 16.0 Å². The number of carbonyl (C=O) groups excluding carboxylic acids is 1. The highest BCUT2D eigenvalue weighted by atomic mass is 127. The van der Waals surface area contributed by atoms with Crippen LogP contribution in [0, 0.1) is 5.41 Å². The first-order chi connectivity index (χ1) is 10.5. The van der Waals surface area contributed by atoms with Crippen molar-refractivity contribution >= 4 is 35.8 Å². The van der Waals surface area contributed by atoms with E-state index in [4.69, 9.17) is 0 Å². The standard InChI is InChI=1S/C17H32N4O.HI/c1-5-19-15(22)17(2,3)13-21-16(18-4)20-12-11-14-9-7-6-8-10-14;/h9H,5-8,10-13H2,1-4H3,(H,19,22)(H2,18,20,21);1H. The van der Waals surface area contributed by atoms with Crippen molar-refractivity contribution in [3.8, 4) is 0 Å². The van der Waals surface area contributed by atoms with Crippen molar-refractivity contribution in [1.29, 1.82) is 0 Å². The summed E-state index contributed by atoms with van der Waals surface area (Å²) in [5, 5.41) is 9.44. The Bertz CT molecular complexity index is 419. The Morgan fingerprint density at radius 2 is 2.00 bits per heavy atom. The number of rotatable bonds is 7. The Morgan fingerprint density at radius 3 is 2.57 bits per heavy atom. The number of halogens is 1. The van der Waals surface area contributed by atoms with Crippen molar-refractivity contribution in [2.75, 3.05) is 26.7 Å². The van der Waals surface area contributed by atoms with Crippen LogP contribution in [-0.2, 0) is 4.79 Å². The van der Waals surface area contributed by atoms with Gasteiger partial charge in [0, 0.05) is 26.7 Å². The summed E-state index contributed by atoms with van der Waals surface area (Å²) in [4.78, 5) is 16.2. The molecule has 134 valence electrons. The van der Waals surface area contributed by atoms with Gasteiger partial charge in [0.05, 0.1) is 5.41 Å². The van der Waals surface area contributed by atoms with Gasteiger partial charge in [-0.25, -0.2) is 0 Å². The molecule has 1 aliphatic carbocycles. The number of allylic oxidation sites excluding steroid dienone is 1. The van der Waals surface area contributed by atoms with Crippen molar-refractivity contribution in [1.82, 2.24) is 16.0 Å². The van der Waals surface area contributed by atoms with Gasteiger partial charge in [0.15, 0.2) is 5.96 Å². The van der Waals surface area contributed by atoms with E-state index in [1.165, 1.54) is 25.7 Å². The molecule has 0 aliphatic heterocycles. The molecule has 1 aliphatic rings. The average Bonchev–Trinajstić information content (AvgIpc) is 2.52. The van der Waals surface area contributed by atoms with Gasteiger partial charge in [-0.1, -0.05) is 11.6 Å². The van der Waals surface area contributed by atoms with E-state index < -0.39 is 5.41 Å². The van der Waals surface area contributed by atoms with Crippen LogP contribution in [-0.4, -0.2) is 38.5 Å². The van der Waals surface area contributed by atoms with Crippen LogP contribution < -0.4 is 16.0 Å². The Balaban J connectivity index is 0.00000484. The third-order valence-corrected chi connectivity index (χ3v) is 4.00. The maximum Gasteiger partial charge on any atom is 0.227 e. The summed E-state index contributed by atoms with van der Waals surface area (Å²) >= 11 is 0. The van der Waals surface area contributed by atoms with E-state index in [2.05, 4.69) is 27.0 Å². The van der Waals surface area contributed by atoms with Gasteiger partial charge in [-0.05, 0) is 52.9 Å². The molecule has 0 unspecified atom stereocenters. The predicted octanol–water partition coefficient (Wildman–Crippen LogP) is 2.82. The fourth-order valence-corrected chi connectivity index (χ4v) is 2.48. The number of nitrogens with zero attached hydrogens (tertiary/aromatic N) is 1. The zero-order valence-electron chi connectivity index (χ0n) is 15.0. The van der Waals surface area contributed by atoms with Crippen molar-refractivity contribution < 1.29 is 4.79 Å². The minimum Gasteiger partial charge on any atom is -0.356 e. The number of hydrogen-bond donors (Lipinski definition) is 3. The van der Waals surface area contributed by atoms with Gasteiger partial charge in [0.2, 0.25) is 5.91 Å². The van der Waals surface area contributed by atoms with Crippen molar-refractivity contribution in [3.05, 3.63) is 11.6 Å². The van der Waals surface area contributed by atoms with Gasteiger partial charge in [0.1, 0.15) is 0 Å². The van der Waals surface area contributed by atoms with Crippen molar-refractivity contribution in [2.24, 2.45) is 10.4 Å².